The maximum atomic E-state index is 12.9. The standard InChI is InChI=1S/C20H23BNO4.Li/c1-19(2)20(3,4)26-21(25-19)17(15-11-7-5-8-12-15)22(18(23)24-21)16-13-9-6-10-14-16;/h5-14,17H,1-4H3;/q-1;+1. The van der Waals surface area contributed by atoms with Gasteiger partial charge in [0.2, 0.25) is 0 Å². The number of amides is 1. The maximum Gasteiger partial charge on any atom is 1.00 e. The molecule has 0 radical (unpaired) electrons. The van der Waals surface area contributed by atoms with E-state index in [1.165, 1.54) is 0 Å². The minimum absolute atomic E-state index is 0. The zero-order valence-corrected chi connectivity index (χ0v) is 16.5. The summed E-state index contributed by atoms with van der Waals surface area (Å²) in [5.41, 5.74) is 0.454. The Bertz CT molecular complexity index is 812. The Kier molecular flexibility index (Phi) is 4.99. The van der Waals surface area contributed by atoms with Crippen molar-refractivity contribution in [2.75, 3.05) is 4.90 Å². The Morgan fingerprint density at radius 1 is 0.852 bits per heavy atom. The minimum atomic E-state index is -2.33. The van der Waals surface area contributed by atoms with E-state index in [0.717, 1.165) is 11.3 Å². The number of rotatable bonds is 2. The molecular formula is C20H23BLiNO4. The first-order valence-corrected chi connectivity index (χ1v) is 8.92. The average molecular weight is 359 g/mol. The molecule has 2 fully saturated rings. The van der Waals surface area contributed by atoms with E-state index in [1.807, 2.05) is 88.4 Å². The second-order valence-electron chi connectivity index (χ2n) is 7.90. The van der Waals surface area contributed by atoms with Gasteiger partial charge in [-0.2, -0.15) is 0 Å². The molecule has 4 rings (SSSR count). The number of benzene rings is 2. The normalized spacial score (nSPS) is 24.5. The van der Waals surface area contributed by atoms with Crippen LogP contribution < -0.4 is 23.8 Å². The molecule has 2 aromatic carbocycles. The van der Waals surface area contributed by atoms with Gasteiger partial charge in [0.15, 0.2) is 0 Å². The Morgan fingerprint density at radius 2 is 1.33 bits per heavy atom. The largest absolute Gasteiger partial charge is 1.00 e. The second kappa shape index (κ2) is 6.72. The van der Waals surface area contributed by atoms with Gasteiger partial charge in [-0.05, 0) is 39.8 Å². The van der Waals surface area contributed by atoms with Gasteiger partial charge in [-0.25, -0.2) is 4.79 Å². The van der Waals surface area contributed by atoms with E-state index in [4.69, 9.17) is 14.0 Å². The fourth-order valence-electron chi connectivity index (χ4n) is 3.75. The van der Waals surface area contributed by atoms with Crippen LogP contribution >= 0.6 is 0 Å². The summed E-state index contributed by atoms with van der Waals surface area (Å²) in [6.45, 7) is 5.52. The Balaban J connectivity index is 0.00000210. The van der Waals surface area contributed by atoms with Crippen molar-refractivity contribution in [1.82, 2.24) is 0 Å². The van der Waals surface area contributed by atoms with Gasteiger partial charge in [-0.1, -0.05) is 54.1 Å². The molecule has 27 heavy (non-hydrogen) atoms. The summed E-state index contributed by atoms with van der Waals surface area (Å²) >= 11 is 0. The third-order valence-electron chi connectivity index (χ3n) is 5.67. The van der Waals surface area contributed by atoms with Crippen LogP contribution in [0.2, 0.25) is 0 Å². The number of anilines is 1. The molecule has 1 amide bonds. The molecule has 1 spiro atoms. The minimum Gasteiger partial charge on any atom is -0.625 e. The van der Waals surface area contributed by atoms with E-state index in [2.05, 4.69) is 0 Å². The SMILES string of the molecule is CC1(C)O[B-]2(OC(=O)N(c3ccccc3)C2c2ccccc2)OC1(C)C.[Li+]. The number of para-hydroxylation sites is 1. The van der Waals surface area contributed by atoms with Gasteiger partial charge in [0.05, 0.1) is 0 Å². The molecule has 7 heteroatoms. The van der Waals surface area contributed by atoms with Crippen LogP contribution in [0.15, 0.2) is 60.7 Å². The van der Waals surface area contributed by atoms with Crippen LogP contribution in [0.4, 0.5) is 10.5 Å². The van der Waals surface area contributed by atoms with E-state index in [9.17, 15) is 4.79 Å². The number of nitrogens with zero attached hydrogens (tertiary/aromatic N) is 1. The predicted octanol–water partition coefficient (Wildman–Crippen LogP) is 1.47. The van der Waals surface area contributed by atoms with Gasteiger partial charge in [-0.15, -0.1) is 0 Å². The summed E-state index contributed by atoms with van der Waals surface area (Å²) in [5, 5.41) is 0. The first-order chi connectivity index (χ1) is 12.3. The molecule has 2 aromatic rings. The van der Waals surface area contributed by atoms with Crippen LogP contribution in [0.1, 0.15) is 39.2 Å². The summed E-state index contributed by atoms with van der Waals surface area (Å²) in [6.07, 6.45) is -0.460. The van der Waals surface area contributed by atoms with Crippen LogP contribution in [0, 0.1) is 0 Å². The van der Waals surface area contributed by atoms with Crippen molar-refractivity contribution in [1.29, 1.82) is 0 Å². The van der Waals surface area contributed by atoms with Crippen molar-refractivity contribution >= 4 is 18.5 Å². The first kappa shape index (κ1) is 20.0. The van der Waals surface area contributed by atoms with Crippen LogP contribution in [-0.4, -0.2) is 24.0 Å². The average Bonchev–Trinajstić information content (AvgIpc) is 2.96. The van der Waals surface area contributed by atoms with Gasteiger partial charge in [-0.3, -0.25) is 0 Å². The van der Waals surface area contributed by atoms with Crippen LogP contribution in [-0.2, 0) is 14.0 Å². The number of carbonyl (C=O) groups excluding carboxylic acids is 1. The van der Waals surface area contributed by atoms with Gasteiger partial charge < -0.3 is 18.9 Å². The Morgan fingerprint density at radius 3 is 1.85 bits per heavy atom. The van der Waals surface area contributed by atoms with E-state index in [1.54, 1.807) is 4.90 Å². The molecule has 0 bridgehead atoms. The summed E-state index contributed by atoms with van der Waals surface area (Å²) in [6, 6.07) is 19.2. The van der Waals surface area contributed by atoms with Gasteiger partial charge in [0.1, 0.15) is 0 Å². The molecule has 0 N–H and O–H groups in total. The van der Waals surface area contributed by atoms with E-state index in [0.29, 0.717) is 0 Å². The van der Waals surface area contributed by atoms with Crippen LogP contribution in [0.5, 0.6) is 0 Å². The van der Waals surface area contributed by atoms with Gasteiger partial charge in [0, 0.05) is 22.8 Å². The maximum absolute atomic E-state index is 12.9. The first-order valence-electron chi connectivity index (χ1n) is 8.92. The summed E-state index contributed by atoms with van der Waals surface area (Å²) < 4.78 is 18.5. The van der Waals surface area contributed by atoms with E-state index in [-0.39, 0.29) is 18.9 Å². The predicted molar refractivity (Wildman–Crippen MR) is 101 cm³/mol. The second-order valence-corrected chi connectivity index (χ2v) is 7.90. The summed E-state index contributed by atoms with van der Waals surface area (Å²) in [5.74, 6) is -0.493. The molecule has 2 aliphatic heterocycles. The topological polar surface area (TPSA) is 48.0 Å². The number of carbonyl (C=O) groups is 1. The third-order valence-corrected chi connectivity index (χ3v) is 5.67. The van der Waals surface area contributed by atoms with Crippen molar-refractivity contribution in [2.24, 2.45) is 0 Å². The molecular weight excluding hydrogens is 336 g/mol. The Hall–Kier alpha value is -1.71. The quantitative estimate of drug-likeness (QED) is 0.762. The van der Waals surface area contributed by atoms with Crippen molar-refractivity contribution in [2.45, 2.75) is 44.8 Å². The summed E-state index contributed by atoms with van der Waals surface area (Å²) in [4.78, 5) is 14.5. The molecule has 1 unspecified atom stereocenters. The van der Waals surface area contributed by atoms with Crippen LogP contribution in [0.3, 0.4) is 0 Å². The van der Waals surface area contributed by atoms with Crippen molar-refractivity contribution in [3.05, 3.63) is 66.2 Å². The molecule has 2 heterocycles. The molecule has 136 valence electrons. The van der Waals surface area contributed by atoms with Crippen molar-refractivity contribution in [3.8, 4) is 0 Å². The van der Waals surface area contributed by atoms with Crippen molar-refractivity contribution in [3.63, 3.8) is 0 Å². The summed E-state index contributed by atoms with van der Waals surface area (Å²) in [7, 11) is 0. The molecule has 0 aromatic heterocycles. The van der Waals surface area contributed by atoms with Gasteiger partial charge in [0.25, 0.3) is 0 Å². The fourth-order valence-corrected chi connectivity index (χ4v) is 3.75. The van der Waals surface area contributed by atoms with Crippen molar-refractivity contribution < 1.29 is 37.6 Å². The fraction of sp³-hybridized carbons (Fsp3) is 0.350. The van der Waals surface area contributed by atoms with Crippen LogP contribution in [0.25, 0.3) is 0 Å². The molecule has 1 atom stereocenters. The van der Waals surface area contributed by atoms with Gasteiger partial charge >= 0.3 is 31.7 Å². The number of hydrogen-bond acceptors (Lipinski definition) is 4. The molecule has 0 aliphatic carbocycles. The zero-order valence-electron chi connectivity index (χ0n) is 16.5. The Labute approximate surface area is 172 Å². The smallest absolute Gasteiger partial charge is 0.625 e. The molecule has 2 aliphatic rings. The number of hydrogen-bond donors (Lipinski definition) is 0. The van der Waals surface area contributed by atoms with E-state index >= 15 is 0 Å². The zero-order chi connectivity index (χ0) is 18.6. The molecule has 5 nitrogen and oxygen atoms in total. The van der Waals surface area contributed by atoms with E-state index < -0.39 is 30.0 Å². The monoisotopic (exact) mass is 359 g/mol. The molecule has 0 saturated carbocycles. The molecule has 2 saturated heterocycles. The third kappa shape index (κ3) is 3.11.